The maximum atomic E-state index is 14.5. The van der Waals surface area contributed by atoms with Crippen LogP contribution in [-0.2, 0) is 4.79 Å². The van der Waals surface area contributed by atoms with Crippen LogP contribution in [0.15, 0.2) is 48.7 Å². The summed E-state index contributed by atoms with van der Waals surface area (Å²) >= 11 is 0. The molecular weight excluding hydrogens is 393 g/mol. The van der Waals surface area contributed by atoms with Crippen molar-refractivity contribution < 1.29 is 27.9 Å². The van der Waals surface area contributed by atoms with E-state index < -0.39 is 17.7 Å². The average Bonchev–Trinajstić information content (AvgIpc) is 3.04. The molecule has 1 atom stereocenters. The van der Waals surface area contributed by atoms with Crippen LogP contribution in [0.1, 0.15) is 43.2 Å². The normalized spacial score (nSPS) is 22.9. The molecule has 0 bridgehead atoms. The number of pyridine rings is 1. The van der Waals surface area contributed by atoms with Crippen LogP contribution < -0.4 is 15.3 Å². The number of carbonyl (C=O) groups excluding carboxylic acids is 1. The van der Waals surface area contributed by atoms with Gasteiger partial charge in [0.25, 0.3) is 11.7 Å². The van der Waals surface area contributed by atoms with Crippen LogP contribution in [0.3, 0.4) is 0 Å². The molecule has 158 valence electrons. The van der Waals surface area contributed by atoms with E-state index >= 15 is 0 Å². The predicted molar refractivity (Wildman–Crippen MR) is 105 cm³/mol. The molecule has 30 heavy (non-hydrogen) atoms. The molecule has 2 aromatic rings. The lowest BCUT2D eigenvalue weighted by Gasteiger charge is -2.27. The van der Waals surface area contributed by atoms with Gasteiger partial charge in [-0.05, 0) is 56.9 Å². The van der Waals surface area contributed by atoms with Gasteiger partial charge in [0, 0.05) is 5.56 Å². The van der Waals surface area contributed by atoms with Crippen molar-refractivity contribution in [3.05, 3.63) is 59.8 Å². The van der Waals surface area contributed by atoms with Gasteiger partial charge in [-0.2, -0.15) is 18.1 Å². The second-order valence-electron chi connectivity index (χ2n) is 7.91. The van der Waals surface area contributed by atoms with Crippen LogP contribution in [0, 0.1) is 6.92 Å². The van der Waals surface area contributed by atoms with E-state index in [0.717, 1.165) is 19.3 Å². The minimum absolute atomic E-state index is 0.147. The fraction of sp³-hybridized carbons (Fsp3) is 0.409. The third kappa shape index (κ3) is 3.44. The highest BCUT2D eigenvalue weighted by Gasteiger charge is 2.76. The summed E-state index contributed by atoms with van der Waals surface area (Å²) in [6, 6.07) is 11.9. The van der Waals surface area contributed by atoms with Crippen molar-refractivity contribution in [1.29, 1.82) is 0 Å². The number of nitrogens with one attached hydrogen (secondary N) is 3. The summed E-state index contributed by atoms with van der Waals surface area (Å²) in [6.07, 6.45) is 0.863. The van der Waals surface area contributed by atoms with Gasteiger partial charge in [-0.1, -0.05) is 24.6 Å². The van der Waals surface area contributed by atoms with Gasteiger partial charge in [-0.15, -0.1) is 0 Å². The maximum Gasteiger partial charge on any atom is 0.488 e. The Balaban J connectivity index is 1.85. The number of anilines is 1. The Morgan fingerprint density at radius 1 is 1.07 bits per heavy atom. The molecule has 4 rings (SSSR count). The van der Waals surface area contributed by atoms with Gasteiger partial charge in [0.05, 0.1) is 11.8 Å². The van der Waals surface area contributed by atoms with Crippen molar-refractivity contribution >= 4 is 17.6 Å². The molecule has 1 aromatic heterocycles. The molecule has 0 saturated heterocycles. The number of hydrogen-bond donors (Lipinski definition) is 2. The van der Waals surface area contributed by atoms with Crippen molar-refractivity contribution in [3.63, 3.8) is 0 Å². The molecular formula is C22H25F3N4O+2. The molecule has 0 spiro atoms. The molecule has 8 heteroatoms. The number of rotatable bonds is 4. The lowest BCUT2D eigenvalue weighted by atomic mass is 9.93. The van der Waals surface area contributed by atoms with E-state index in [4.69, 9.17) is 0 Å². The van der Waals surface area contributed by atoms with Gasteiger partial charge in [0.2, 0.25) is 0 Å². The summed E-state index contributed by atoms with van der Waals surface area (Å²) in [7, 11) is 0. The van der Waals surface area contributed by atoms with Gasteiger partial charge in [0.1, 0.15) is 6.04 Å². The molecule has 1 aliphatic carbocycles. The third-order valence-electron chi connectivity index (χ3n) is 5.88. The van der Waals surface area contributed by atoms with Gasteiger partial charge in [-0.3, -0.25) is 0 Å². The van der Waals surface area contributed by atoms with Crippen LogP contribution in [0.2, 0.25) is 0 Å². The lowest BCUT2D eigenvalue weighted by molar-refractivity contribution is -0.568. The highest BCUT2D eigenvalue weighted by atomic mass is 19.4. The van der Waals surface area contributed by atoms with Crippen LogP contribution in [0.25, 0.3) is 0 Å². The van der Waals surface area contributed by atoms with Crippen molar-refractivity contribution in [1.82, 2.24) is 4.90 Å². The predicted octanol–water partition coefficient (Wildman–Crippen LogP) is 2.18. The second-order valence-corrected chi connectivity index (χ2v) is 7.91. The van der Waals surface area contributed by atoms with Crippen molar-refractivity contribution in [2.75, 3.05) is 5.32 Å². The highest BCUT2D eigenvalue weighted by Crippen LogP contribution is 2.35. The fourth-order valence-electron chi connectivity index (χ4n) is 4.26. The van der Waals surface area contributed by atoms with E-state index in [0.29, 0.717) is 24.0 Å². The van der Waals surface area contributed by atoms with Crippen molar-refractivity contribution in [2.45, 2.75) is 56.9 Å². The molecule has 0 radical (unpaired) electrons. The summed E-state index contributed by atoms with van der Waals surface area (Å²) in [4.78, 5) is 20.2. The molecule has 1 aliphatic heterocycles. The molecule has 1 aromatic carbocycles. The Morgan fingerprint density at radius 2 is 1.77 bits per heavy atom. The maximum absolute atomic E-state index is 14.5. The number of H-pyrrole nitrogens is 1. The Morgan fingerprint density at radius 3 is 2.40 bits per heavy atom. The number of aromatic amines is 1. The van der Waals surface area contributed by atoms with Gasteiger partial charge < -0.3 is 0 Å². The van der Waals surface area contributed by atoms with E-state index in [-0.39, 0.29) is 17.7 Å². The lowest BCUT2D eigenvalue weighted by Crippen LogP contribution is -2.94. The van der Waals surface area contributed by atoms with Gasteiger partial charge >= 0.3 is 17.7 Å². The topological polar surface area (TPSA) is 60.5 Å². The smallest absolute Gasteiger partial charge is 0.247 e. The zero-order valence-corrected chi connectivity index (χ0v) is 16.7. The number of carbonyl (C=O) groups is 1. The summed E-state index contributed by atoms with van der Waals surface area (Å²) in [5.41, 5.74) is -1.82. The molecule has 2 aliphatic rings. The average molecular weight is 418 g/mol. The third-order valence-corrected chi connectivity index (χ3v) is 5.88. The largest absolute Gasteiger partial charge is 0.488 e. The summed E-state index contributed by atoms with van der Waals surface area (Å²) in [5, 5.41) is 2.48. The first kappa shape index (κ1) is 20.4. The van der Waals surface area contributed by atoms with Crippen molar-refractivity contribution in [2.24, 2.45) is 0 Å². The summed E-state index contributed by atoms with van der Waals surface area (Å²) < 4.78 is 43.5. The highest BCUT2D eigenvalue weighted by molar-refractivity contribution is 6.11. The number of amidine groups is 1. The first-order chi connectivity index (χ1) is 14.3. The minimum Gasteiger partial charge on any atom is -0.247 e. The first-order valence-corrected chi connectivity index (χ1v) is 10.2. The number of alkyl halides is 3. The minimum atomic E-state index is -4.87. The van der Waals surface area contributed by atoms with E-state index in [1.165, 1.54) is 11.1 Å². The quantitative estimate of drug-likeness (QED) is 0.800. The van der Waals surface area contributed by atoms with Crippen LogP contribution in [0.5, 0.6) is 0 Å². The van der Waals surface area contributed by atoms with E-state index in [1.807, 2.05) is 0 Å². The number of aryl methyl sites for hydroxylation is 1. The fourth-order valence-corrected chi connectivity index (χ4v) is 4.26. The van der Waals surface area contributed by atoms with Gasteiger partial charge in [-0.25, -0.2) is 20.1 Å². The van der Waals surface area contributed by atoms with Gasteiger partial charge in [0.15, 0.2) is 0 Å². The second kappa shape index (κ2) is 7.74. The Labute approximate surface area is 173 Å². The number of halogens is 3. The van der Waals surface area contributed by atoms with Crippen LogP contribution in [-0.4, -0.2) is 34.5 Å². The van der Waals surface area contributed by atoms with Crippen LogP contribution >= 0.6 is 0 Å². The molecule has 1 amide bonds. The Bertz CT molecular complexity index is 954. The number of benzene rings is 1. The van der Waals surface area contributed by atoms with Crippen LogP contribution in [0.4, 0.5) is 19.0 Å². The molecule has 0 unspecified atom stereocenters. The summed E-state index contributed by atoms with van der Waals surface area (Å²) in [6.45, 7) is 1.68. The van der Waals surface area contributed by atoms with E-state index in [9.17, 15) is 18.0 Å². The first-order valence-electron chi connectivity index (χ1n) is 10.2. The number of nitrogens with zero attached hydrogens (tertiary/aromatic N) is 1. The zero-order valence-electron chi connectivity index (χ0n) is 16.7. The molecule has 5 nitrogen and oxygen atoms in total. The number of hydrogen-bond acceptors (Lipinski definition) is 2. The number of amides is 1. The summed E-state index contributed by atoms with van der Waals surface area (Å²) in [5.74, 6) is -0.670. The molecule has 1 saturated carbocycles. The molecule has 2 heterocycles. The molecule has 3 N–H and O–H groups in total. The Hall–Kier alpha value is -2.90. The Kier molecular flexibility index (Phi) is 5.26. The molecule has 1 fully saturated rings. The van der Waals surface area contributed by atoms with Crippen molar-refractivity contribution in [3.8, 4) is 0 Å². The van der Waals surface area contributed by atoms with E-state index in [2.05, 4.69) is 15.3 Å². The zero-order chi connectivity index (χ0) is 21.4. The SMILES string of the molecule is Cc1ccc[nH+]c1N[C@]1(C(F)(F)F)[NH+]=C(c2ccccc2)N(C2CCCCC2)C1=O. The standard InChI is InChI=1S/C22H23F3N4O/c1-15-9-8-14-26-18(15)27-21(22(23,24)25)20(30)29(17-12-6-3-7-13-17)19(28-21)16-10-4-2-5-11-16/h2,4-5,8-11,14,17H,3,6-7,12-13H2,1H3,(H,26,27)/p+2/t21-/m0/s1. The monoisotopic (exact) mass is 418 g/mol. The van der Waals surface area contributed by atoms with E-state index in [1.54, 1.807) is 49.4 Å². The number of aromatic nitrogens is 1.